The lowest BCUT2D eigenvalue weighted by atomic mass is 10.2. The zero-order chi connectivity index (χ0) is 27.7. The van der Waals surface area contributed by atoms with Crippen molar-refractivity contribution in [3.8, 4) is 17.2 Å². The highest BCUT2D eigenvalue weighted by molar-refractivity contribution is 7.92. The van der Waals surface area contributed by atoms with E-state index >= 15 is 0 Å². The largest absolute Gasteiger partial charge is 0.494 e. The summed E-state index contributed by atoms with van der Waals surface area (Å²) >= 11 is 6.25. The van der Waals surface area contributed by atoms with E-state index in [-0.39, 0.29) is 22.3 Å². The van der Waals surface area contributed by atoms with Crippen LogP contribution < -0.4 is 24.2 Å². The van der Waals surface area contributed by atoms with Crippen LogP contribution in [0.3, 0.4) is 0 Å². The molecule has 8 nitrogen and oxygen atoms in total. The minimum atomic E-state index is -3.89. The first-order valence-electron chi connectivity index (χ1n) is 12.1. The average Bonchev–Trinajstić information content (AvgIpc) is 2.93. The highest BCUT2D eigenvalue weighted by atomic mass is 35.5. The summed E-state index contributed by atoms with van der Waals surface area (Å²) in [7, 11) is -3.89. The summed E-state index contributed by atoms with van der Waals surface area (Å²) < 4.78 is 44.6. The Morgan fingerprint density at radius 2 is 1.44 bits per heavy atom. The second kappa shape index (κ2) is 13.0. The summed E-state index contributed by atoms with van der Waals surface area (Å²) in [4.78, 5) is 12.3. The van der Waals surface area contributed by atoms with Crippen LogP contribution in [0.25, 0.3) is 0 Å². The van der Waals surface area contributed by atoms with Gasteiger partial charge in [0, 0.05) is 11.4 Å². The van der Waals surface area contributed by atoms with Gasteiger partial charge in [-0.05, 0) is 79.2 Å². The first kappa shape index (κ1) is 27.8. The normalized spacial score (nSPS) is 10.9. The zero-order valence-electron chi connectivity index (χ0n) is 21.1. The average molecular weight is 567 g/mol. The molecule has 0 aliphatic rings. The van der Waals surface area contributed by atoms with Crippen LogP contribution in [0, 0.1) is 0 Å². The Balaban J connectivity index is 1.28. The van der Waals surface area contributed by atoms with Gasteiger partial charge in [-0.3, -0.25) is 9.52 Å². The van der Waals surface area contributed by atoms with Crippen molar-refractivity contribution in [2.75, 3.05) is 23.3 Å². The maximum atomic E-state index is 12.8. The lowest BCUT2D eigenvalue weighted by Gasteiger charge is -2.12. The molecule has 0 bridgehead atoms. The van der Waals surface area contributed by atoms with Gasteiger partial charge < -0.3 is 19.5 Å². The van der Waals surface area contributed by atoms with Crippen molar-refractivity contribution in [3.63, 3.8) is 0 Å². The minimum absolute atomic E-state index is 0.0484. The van der Waals surface area contributed by atoms with Crippen molar-refractivity contribution in [1.29, 1.82) is 0 Å². The van der Waals surface area contributed by atoms with E-state index in [1.54, 1.807) is 48.5 Å². The van der Waals surface area contributed by atoms with Crippen LogP contribution in [0.1, 0.15) is 12.5 Å². The van der Waals surface area contributed by atoms with Crippen molar-refractivity contribution < 1.29 is 27.4 Å². The van der Waals surface area contributed by atoms with Crippen molar-refractivity contribution in [1.82, 2.24) is 0 Å². The molecule has 2 N–H and O–H groups in total. The van der Waals surface area contributed by atoms with Crippen LogP contribution in [0.5, 0.6) is 17.2 Å². The van der Waals surface area contributed by atoms with Crippen molar-refractivity contribution >= 4 is 38.9 Å². The molecule has 39 heavy (non-hydrogen) atoms. The quantitative estimate of drug-likeness (QED) is 0.214. The second-order valence-corrected chi connectivity index (χ2v) is 10.4. The summed E-state index contributed by atoms with van der Waals surface area (Å²) in [5.41, 5.74) is 2.01. The Labute approximate surface area is 232 Å². The van der Waals surface area contributed by atoms with E-state index < -0.39 is 15.9 Å². The maximum Gasteiger partial charge on any atom is 0.262 e. The fourth-order valence-electron chi connectivity index (χ4n) is 3.48. The van der Waals surface area contributed by atoms with Crippen LogP contribution in [-0.2, 0) is 21.4 Å². The van der Waals surface area contributed by atoms with Gasteiger partial charge in [0.05, 0.1) is 16.5 Å². The number of halogens is 1. The number of benzene rings is 4. The van der Waals surface area contributed by atoms with Gasteiger partial charge >= 0.3 is 0 Å². The van der Waals surface area contributed by atoms with E-state index in [9.17, 15) is 13.2 Å². The summed E-state index contributed by atoms with van der Waals surface area (Å²) in [6.07, 6.45) is 0. The van der Waals surface area contributed by atoms with Gasteiger partial charge in [0.15, 0.2) is 6.61 Å². The molecule has 0 radical (unpaired) electrons. The number of rotatable bonds is 12. The minimum Gasteiger partial charge on any atom is -0.494 e. The lowest BCUT2D eigenvalue weighted by molar-refractivity contribution is -0.118. The smallest absolute Gasteiger partial charge is 0.262 e. The van der Waals surface area contributed by atoms with E-state index in [4.69, 9.17) is 25.8 Å². The van der Waals surface area contributed by atoms with Gasteiger partial charge in [0.1, 0.15) is 23.9 Å². The number of sulfonamides is 1. The first-order valence-corrected chi connectivity index (χ1v) is 13.9. The first-order chi connectivity index (χ1) is 18.8. The van der Waals surface area contributed by atoms with E-state index in [1.165, 1.54) is 18.2 Å². The molecule has 4 rings (SSSR count). The highest BCUT2D eigenvalue weighted by Gasteiger charge is 2.17. The van der Waals surface area contributed by atoms with Gasteiger partial charge in [-0.25, -0.2) is 8.42 Å². The van der Waals surface area contributed by atoms with Crippen LogP contribution in [0.15, 0.2) is 102 Å². The summed E-state index contributed by atoms with van der Waals surface area (Å²) in [6.45, 7) is 2.50. The third-order valence-corrected chi connectivity index (χ3v) is 7.05. The molecule has 1 amide bonds. The monoisotopic (exact) mass is 566 g/mol. The molecule has 0 fully saturated rings. The van der Waals surface area contributed by atoms with Crippen LogP contribution in [-0.4, -0.2) is 27.5 Å². The molecule has 0 spiro atoms. The van der Waals surface area contributed by atoms with Crippen LogP contribution >= 0.6 is 11.6 Å². The molecule has 4 aromatic carbocycles. The van der Waals surface area contributed by atoms with Crippen LogP contribution in [0.4, 0.5) is 11.4 Å². The zero-order valence-corrected chi connectivity index (χ0v) is 22.7. The van der Waals surface area contributed by atoms with E-state index in [1.807, 2.05) is 37.3 Å². The Bertz CT molecular complexity index is 1500. The Hall–Kier alpha value is -4.21. The SMILES string of the molecule is CCOc1ccc(NS(=O)(=O)c2ccc(OCC(=O)Nc3ccc(OCc4ccccc4)cc3)c(Cl)c2)cc1. The number of ether oxygens (including phenoxy) is 3. The number of hydrogen-bond acceptors (Lipinski definition) is 6. The molecule has 0 aromatic heterocycles. The number of nitrogens with one attached hydrogen (secondary N) is 2. The fraction of sp³-hybridized carbons (Fsp3) is 0.138. The van der Waals surface area contributed by atoms with Crippen molar-refractivity contribution in [2.24, 2.45) is 0 Å². The molecule has 4 aromatic rings. The molecule has 0 heterocycles. The molecular formula is C29H27ClN2O6S. The van der Waals surface area contributed by atoms with Gasteiger partial charge in [-0.1, -0.05) is 41.9 Å². The van der Waals surface area contributed by atoms with Crippen molar-refractivity contribution in [3.05, 3.63) is 108 Å². The Morgan fingerprint density at radius 1 is 0.795 bits per heavy atom. The number of hydrogen-bond donors (Lipinski definition) is 2. The third-order valence-electron chi connectivity index (χ3n) is 5.38. The Kier molecular flexibility index (Phi) is 9.30. The van der Waals surface area contributed by atoms with Crippen molar-refractivity contribution in [2.45, 2.75) is 18.4 Å². The lowest BCUT2D eigenvalue weighted by Crippen LogP contribution is -2.20. The standard InChI is InChI=1S/C29H27ClN2O6S/c1-2-36-24-14-10-23(11-15-24)32-39(34,35)26-16-17-28(27(30)18-26)38-20-29(33)31-22-8-12-25(13-9-22)37-19-21-6-4-3-5-7-21/h3-18,32H,2,19-20H2,1H3,(H,31,33). The fourth-order valence-corrected chi connectivity index (χ4v) is 4.87. The van der Waals surface area contributed by atoms with Gasteiger partial charge in [-0.15, -0.1) is 0 Å². The van der Waals surface area contributed by atoms with E-state index in [2.05, 4.69) is 10.0 Å². The molecule has 0 aliphatic carbocycles. The number of anilines is 2. The predicted molar refractivity (Wildman–Crippen MR) is 151 cm³/mol. The van der Waals surface area contributed by atoms with Gasteiger partial charge in [0.25, 0.3) is 15.9 Å². The summed E-state index contributed by atoms with van der Waals surface area (Å²) in [6, 6.07) is 27.3. The van der Waals surface area contributed by atoms with Gasteiger partial charge in [-0.2, -0.15) is 0 Å². The molecular weight excluding hydrogens is 540 g/mol. The van der Waals surface area contributed by atoms with Crippen LogP contribution in [0.2, 0.25) is 5.02 Å². The molecule has 0 aliphatic heterocycles. The summed E-state index contributed by atoms with van der Waals surface area (Å²) in [5.74, 6) is 1.08. The number of carbonyl (C=O) groups excluding carboxylic acids is 1. The molecule has 10 heteroatoms. The molecule has 202 valence electrons. The maximum absolute atomic E-state index is 12.8. The summed E-state index contributed by atoms with van der Waals surface area (Å²) in [5, 5.41) is 2.78. The van der Waals surface area contributed by atoms with E-state index in [0.29, 0.717) is 36.1 Å². The van der Waals surface area contributed by atoms with E-state index in [0.717, 1.165) is 5.56 Å². The molecule has 0 saturated carbocycles. The molecule has 0 atom stereocenters. The van der Waals surface area contributed by atoms with Gasteiger partial charge in [0.2, 0.25) is 0 Å². The Morgan fingerprint density at radius 3 is 2.08 bits per heavy atom. The molecule has 0 unspecified atom stereocenters. The molecule has 0 saturated heterocycles. The predicted octanol–water partition coefficient (Wildman–Crippen LogP) is 6.14. The second-order valence-electron chi connectivity index (χ2n) is 8.29. The third kappa shape index (κ3) is 8.13. The highest BCUT2D eigenvalue weighted by Crippen LogP contribution is 2.29. The topological polar surface area (TPSA) is 103 Å². The number of carbonyl (C=O) groups is 1. The number of amides is 1.